The monoisotopic (exact) mass is 695 g/mol. The summed E-state index contributed by atoms with van der Waals surface area (Å²) < 4.78 is 5.54. The van der Waals surface area contributed by atoms with Crippen LogP contribution in [0.15, 0.2) is 109 Å². The number of ether oxygens (including phenoxy) is 1. The predicted octanol–water partition coefficient (Wildman–Crippen LogP) is 6.10. The average Bonchev–Trinajstić information content (AvgIpc) is 3.53. The molecule has 2 N–H and O–H groups in total. The van der Waals surface area contributed by atoms with Gasteiger partial charge in [0.05, 0.1) is 41.7 Å². The fourth-order valence-electron chi connectivity index (χ4n) is 9.10. The number of anilines is 2. The number of imide groups is 2. The van der Waals surface area contributed by atoms with Gasteiger partial charge in [-0.3, -0.25) is 34.3 Å². The molecular formula is C42H37N3O7. The number of Topliss-reactive ketones (excluding diaryl/α,β-unsaturated/α-hetero) is 1. The molecule has 4 aliphatic rings. The zero-order valence-electron chi connectivity index (χ0n) is 28.9. The summed E-state index contributed by atoms with van der Waals surface area (Å²) >= 11 is 0. The fraction of sp³-hybridized carbons (Fsp3) is 0.262. The van der Waals surface area contributed by atoms with E-state index in [1.165, 1.54) is 25.0 Å². The minimum absolute atomic E-state index is 0.0823. The Morgan fingerprint density at radius 1 is 0.865 bits per heavy atom. The van der Waals surface area contributed by atoms with E-state index in [2.05, 4.69) is 5.43 Å². The number of fused-ring (bicyclic) bond motifs is 4. The number of phenols is 1. The summed E-state index contributed by atoms with van der Waals surface area (Å²) in [4.78, 5) is 71.8. The average molecular weight is 696 g/mol. The van der Waals surface area contributed by atoms with Gasteiger partial charge in [-0.25, -0.2) is 0 Å². The quantitative estimate of drug-likeness (QED) is 0.135. The Balaban J connectivity index is 1.30. The smallest absolute Gasteiger partial charge is 0.260 e. The summed E-state index contributed by atoms with van der Waals surface area (Å²) in [5.41, 5.74) is 6.16. The number of aryl methyl sites for hydroxylation is 1. The first-order valence-corrected chi connectivity index (χ1v) is 17.4. The minimum atomic E-state index is -1.44. The largest absolute Gasteiger partial charge is 0.504 e. The topological polar surface area (TPSA) is 133 Å². The zero-order valence-corrected chi connectivity index (χ0v) is 28.9. The molecule has 262 valence electrons. The molecule has 4 amide bonds. The van der Waals surface area contributed by atoms with Gasteiger partial charge >= 0.3 is 0 Å². The van der Waals surface area contributed by atoms with Crippen molar-refractivity contribution in [2.24, 2.45) is 23.7 Å². The number of hydrogen-bond donors (Lipinski definition) is 2. The van der Waals surface area contributed by atoms with Gasteiger partial charge < -0.3 is 9.84 Å². The second kappa shape index (κ2) is 12.3. The van der Waals surface area contributed by atoms with Crippen LogP contribution in [0.3, 0.4) is 0 Å². The summed E-state index contributed by atoms with van der Waals surface area (Å²) in [5, 5.41) is 11.8. The van der Waals surface area contributed by atoms with Gasteiger partial charge in [-0.2, -0.15) is 5.01 Å². The normalized spacial score (nSPS) is 26.4. The van der Waals surface area contributed by atoms with Crippen LogP contribution in [0.4, 0.5) is 11.4 Å². The molecule has 4 aromatic rings. The lowest BCUT2D eigenvalue weighted by Crippen LogP contribution is -2.53. The Hall–Kier alpha value is -6.03. The summed E-state index contributed by atoms with van der Waals surface area (Å²) in [6, 6.07) is 28.0. The number of nitrogens with zero attached hydrogens (tertiary/aromatic N) is 2. The van der Waals surface area contributed by atoms with Gasteiger partial charge in [-0.15, -0.1) is 0 Å². The van der Waals surface area contributed by atoms with Crippen molar-refractivity contribution in [3.05, 3.63) is 131 Å². The minimum Gasteiger partial charge on any atom is -0.504 e. The van der Waals surface area contributed by atoms with E-state index in [0.717, 1.165) is 16.1 Å². The van der Waals surface area contributed by atoms with Gasteiger partial charge in [0.2, 0.25) is 11.8 Å². The molecule has 2 heterocycles. The van der Waals surface area contributed by atoms with Crippen LogP contribution in [0.1, 0.15) is 52.7 Å². The number of nitrogens with one attached hydrogen (secondary N) is 1. The maximum absolute atomic E-state index is 15.3. The highest BCUT2D eigenvalue weighted by molar-refractivity contribution is 6.22. The van der Waals surface area contributed by atoms with E-state index in [1.54, 1.807) is 36.4 Å². The van der Waals surface area contributed by atoms with E-state index in [4.69, 9.17) is 4.74 Å². The first-order chi connectivity index (χ1) is 25.1. The molecule has 1 saturated carbocycles. The van der Waals surface area contributed by atoms with Crippen LogP contribution in [0.25, 0.3) is 0 Å². The number of allylic oxidation sites excluding steroid dienone is 2. The SMILES string of the molecule is COc1cc([C@H]2C3=CC[C@@H]4C(=O)N(c5ccc(C(C)=O)cc5)C(=O)[C@@H]4[C@@H]3C[C@H]3C(=O)N(Nc4ccc(C)cc4)C(=O)[C@@]23c2ccccc2)ccc1O. The maximum Gasteiger partial charge on any atom is 0.260 e. The number of hydrazine groups is 1. The highest BCUT2D eigenvalue weighted by Gasteiger charge is 2.70. The Morgan fingerprint density at radius 2 is 1.58 bits per heavy atom. The molecule has 0 spiro atoms. The highest BCUT2D eigenvalue weighted by Crippen LogP contribution is 2.64. The molecular weight excluding hydrogens is 658 g/mol. The molecule has 2 aliphatic heterocycles. The molecule has 0 radical (unpaired) electrons. The number of phenolic OH excluding ortho intramolecular Hbond substituents is 1. The number of benzene rings is 4. The number of aromatic hydroxyl groups is 1. The summed E-state index contributed by atoms with van der Waals surface area (Å²) in [7, 11) is 1.45. The van der Waals surface area contributed by atoms with Crippen molar-refractivity contribution in [1.29, 1.82) is 0 Å². The van der Waals surface area contributed by atoms with Crippen molar-refractivity contribution >= 4 is 40.8 Å². The van der Waals surface area contributed by atoms with Crippen molar-refractivity contribution in [2.75, 3.05) is 17.4 Å². The zero-order chi connectivity index (χ0) is 36.5. The van der Waals surface area contributed by atoms with Crippen LogP contribution in [-0.4, -0.2) is 46.6 Å². The number of amides is 4. The van der Waals surface area contributed by atoms with Crippen LogP contribution >= 0.6 is 0 Å². The Bertz CT molecular complexity index is 2180. The van der Waals surface area contributed by atoms with Gasteiger partial charge in [0.25, 0.3) is 11.8 Å². The number of methoxy groups -OCH3 is 1. The van der Waals surface area contributed by atoms with Crippen LogP contribution in [0.2, 0.25) is 0 Å². The summed E-state index contributed by atoms with van der Waals surface area (Å²) in [6.45, 7) is 3.40. The van der Waals surface area contributed by atoms with Gasteiger partial charge in [-0.05, 0) is 92.3 Å². The fourth-order valence-corrected chi connectivity index (χ4v) is 9.10. The van der Waals surface area contributed by atoms with Crippen molar-refractivity contribution in [3.63, 3.8) is 0 Å². The molecule has 10 heteroatoms. The standard InChI is InChI=1S/C42H37N3O7/c1-23-9-14-28(15-10-23)43-45-39(49)33-22-32-30(18-19-31-36(32)40(50)44(38(31)48)29-16-11-25(12-17-29)24(2)46)37(26-13-20-34(47)35(21-26)52-3)42(33,41(45)51)27-7-5-4-6-8-27/h4-18,20-21,31-33,36-37,43,47H,19,22H2,1-3H3/t31-,32+,33-,36-,37-,42+/m0/s1. The lowest BCUT2D eigenvalue weighted by atomic mass is 9.49. The van der Waals surface area contributed by atoms with E-state index in [-0.39, 0.29) is 41.9 Å². The van der Waals surface area contributed by atoms with Gasteiger partial charge in [0.1, 0.15) is 0 Å². The first kappa shape index (κ1) is 33.1. The predicted molar refractivity (Wildman–Crippen MR) is 192 cm³/mol. The Kier molecular flexibility index (Phi) is 7.86. The third-order valence-corrected chi connectivity index (χ3v) is 11.5. The Morgan fingerprint density at radius 3 is 2.25 bits per heavy atom. The molecule has 6 atom stereocenters. The van der Waals surface area contributed by atoms with Crippen molar-refractivity contribution in [3.8, 4) is 11.5 Å². The van der Waals surface area contributed by atoms with Gasteiger partial charge in [-0.1, -0.05) is 65.7 Å². The lowest BCUT2D eigenvalue weighted by molar-refractivity contribution is -0.138. The molecule has 10 nitrogen and oxygen atoms in total. The second-order valence-corrected chi connectivity index (χ2v) is 14.1. The molecule has 0 unspecified atom stereocenters. The number of carbonyl (C=O) groups excluding carboxylic acids is 5. The van der Waals surface area contributed by atoms with E-state index in [0.29, 0.717) is 28.1 Å². The third-order valence-electron chi connectivity index (χ3n) is 11.5. The van der Waals surface area contributed by atoms with Gasteiger partial charge in [0, 0.05) is 11.5 Å². The van der Waals surface area contributed by atoms with Crippen molar-refractivity contribution < 1.29 is 33.8 Å². The third kappa shape index (κ3) is 4.81. The molecule has 2 aliphatic carbocycles. The van der Waals surface area contributed by atoms with E-state index in [1.807, 2.05) is 67.6 Å². The van der Waals surface area contributed by atoms with Crippen LogP contribution < -0.4 is 15.1 Å². The van der Waals surface area contributed by atoms with E-state index < -0.39 is 46.8 Å². The molecule has 52 heavy (non-hydrogen) atoms. The molecule has 4 aromatic carbocycles. The summed E-state index contributed by atoms with van der Waals surface area (Å²) in [6.07, 6.45) is 2.40. The van der Waals surface area contributed by atoms with Crippen molar-refractivity contribution in [1.82, 2.24) is 5.01 Å². The van der Waals surface area contributed by atoms with Crippen LogP contribution in [0.5, 0.6) is 11.5 Å². The van der Waals surface area contributed by atoms with E-state index in [9.17, 15) is 24.3 Å². The molecule has 3 fully saturated rings. The molecule has 2 saturated heterocycles. The van der Waals surface area contributed by atoms with E-state index >= 15 is 4.79 Å². The van der Waals surface area contributed by atoms with Crippen LogP contribution in [-0.2, 0) is 24.6 Å². The van der Waals surface area contributed by atoms with Gasteiger partial charge in [0.15, 0.2) is 17.3 Å². The second-order valence-electron chi connectivity index (χ2n) is 14.1. The Labute approximate surface area is 300 Å². The summed E-state index contributed by atoms with van der Waals surface area (Å²) in [5.74, 6) is -5.27. The molecule has 0 bridgehead atoms. The first-order valence-electron chi connectivity index (χ1n) is 17.4. The van der Waals surface area contributed by atoms with Crippen molar-refractivity contribution in [2.45, 2.75) is 38.0 Å². The number of hydrogen-bond acceptors (Lipinski definition) is 8. The lowest BCUT2D eigenvalue weighted by Gasteiger charge is -2.50. The molecule has 0 aromatic heterocycles. The number of carbonyl (C=O) groups is 5. The molecule has 8 rings (SSSR count). The van der Waals surface area contributed by atoms with Crippen LogP contribution in [0, 0.1) is 30.6 Å². The number of rotatable bonds is 7. The maximum atomic E-state index is 15.3. The number of ketones is 1. The highest BCUT2D eigenvalue weighted by atomic mass is 16.5.